The van der Waals surface area contributed by atoms with Crippen LogP contribution in [0.3, 0.4) is 0 Å². The number of benzene rings is 1. The highest BCUT2D eigenvalue weighted by atomic mass is 28.1. The summed E-state index contributed by atoms with van der Waals surface area (Å²) in [4.78, 5) is 39.1. The predicted octanol–water partition coefficient (Wildman–Crippen LogP) is 2.91. The van der Waals surface area contributed by atoms with Gasteiger partial charge in [-0.05, 0) is 63.1 Å². The van der Waals surface area contributed by atoms with Crippen molar-refractivity contribution in [3.63, 3.8) is 0 Å². The van der Waals surface area contributed by atoms with Crippen LogP contribution in [0.25, 0.3) is 0 Å². The monoisotopic (exact) mass is 570 g/mol. The van der Waals surface area contributed by atoms with Crippen LogP contribution in [0.2, 0.25) is 0 Å². The van der Waals surface area contributed by atoms with Crippen LogP contribution >= 0.6 is 0 Å². The molecule has 0 spiro atoms. The van der Waals surface area contributed by atoms with Crippen LogP contribution < -0.4 is 25.2 Å². The van der Waals surface area contributed by atoms with Gasteiger partial charge in [-0.3, -0.25) is 9.59 Å². The summed E-state index contributed by atoms with van der Waals surface area (Å²) in [6.45, 7) is 1.11. The lowest BCUT2D eigenvalue weighted by Crippen LogP contribution is -2.48. The van der Waals surface area contributed by atoms with Crippen molar-refractivity contribution in [3.05, 3.63) is 30.0 Å². The average Bonchev–Trinajstić information content (AvgIpc) is 3.48. The Morgan fingerprint density at radius 2 is 1.93 bits per heavy atom. The van der Waals surface area contributed by atoms with Gasteiger partial charge in [0, 0.05) is 34.9 Å². The molecule has 1 aromatic carbocycles. The molecule has 13 heteroatoms. The number of fused-ring (bicyclic) bond motifs is 1. The summed E-state index contributed by atoms with van der Waals surface area (Å²) in [6.07, 6.45) is 7.37. The van der Waals surface area contributed by atoms with E-state index in [-0.39, 0.29) is 29.6 Å². The molecule has 213 valence electrons. The molecule has 0 bridgehead atoms. The smallest absolute Gasteiger partial charge is 0.342 e. The number of carbonyl (C=O) groups is 2. The molecular weight excluding hydrogens is 536 g/mol. The summed E-state index contributed by atoms with van der Waals surface area (Å²) >= 11 is 0. The zero-order valence-electron chi connectivity index (χ0n) is 22.8. The predicted molar refractivity (Wildman–Crippen MR) is 149 cm³/mol. The quantitative estimate of drug-likeness (QED) is 0.490. The number of aromatic nitrogens is 2. The molecule has 2 fully saturated rings. The lowest BCUT2D eigenvalue weighted by molar-refractivity contribution is -0.140. The van der Waals surface area contributed by atoms with Crippen molar-refractivity contribution in [2.45, 2.75) is 56.5 Å². The van der Waals surface area contributed by atoms with Gasteiger partial charge in [0.05, 0.1) is 25.5 Å². The van der Waals surface area contributed by atoms with Crippen molar-refractivity contribution in [3.8, 4) is 5.75 Å². The van der Waals surface area contributed by atoms with Gasteiger partial charge in [-0.1, -0.05) is 12.8 Å². The number of anilines is 4. The number of methoxy groups -OCH3 is 1. The first-order chi connectivity index (χ1) is 19.2. The zero-order chi connectivity index (χ0) is 28.4. The summed E-state index contributed by atoms with van der Waals surface area (Å²) in [5.74, 6) is -4.13. The number of carbonyl (C=O) groups excluding carboxylic acids is 2. The highest BCUT2D eigenvalue weighted by molar-refractivity contribution is 6.08. The number of ether oxygens (including phenoxy) is 1. The van der Waals surface area contributed by atoms with Crippen LogP contribution in [0.5, 0.6) is 5.75 Å². The van der Waals surface area contributed by atoms with Gasteiger partial charge in [0.15, 0.2) is 5.82 Å². The first-order valence-corrected chi connectivity index (χ1v) is 14.3. The largest absolute Gasteiger partial charge is 0.495 e. The number of alkyl halides is 2. The maximum absolute atomic E-state index is 14.9. The van der Waals surface area contributed by atoms with Crippen LogP contribution in [0.15, 0.2) is 24.4 Å². The van der Waals surface area contributed by atoms with Gasteiger partial charge in [0.1, 0.15) is 11.4 Å². The SMILES string of the molecule is COc1cc(C(=O)NC2CCN(C[Si])CC2)ccc1Nc1ncc2c(n1)N(C1CCCC1)CC(F)(F)C(=O)N2C. The number of hydrogen-bond donors (Lipinski definition) is 2. The molecule has 2 aliphatic heterocycles. The van der Waals surface area contributed by atoms with Crippen molar-refractivity contribution in [1.29, 1.82) is 0 Å². The minimum Gasteiger partial charge on any atom is -0.495 e. The third-order valence-electron chi connectivity index (χ3n) is 7.99. The zero-order valence-corrected chi connectivity index (χ0v) is 23.8. The molecule has 0 unspecified atom stereocenters. The van der Waals surface area contributed by atoms with E-state index in [1.54, 1.807) is 23.1 Å². The van der Waals surface area contributed by atoms with Crippen LogP contribution in [-0.2, 0) is 4.79 Å². The Balaban J connectivity index is 1.37. The molecule has 3 heterocycles. The second kappa shape index (κ2) is 11.7. The number of likely N-dealkylation sites (tertiary alicyclic amines) is 1. The molecule has 2 amide bonds. The first kappa shape index (κ1) is 28.2. The molecule has 1 aromatic heterocycles. The van der Waals surface area contributed by atoms with E-state index in [9.17, 15) is 18.4 Å². The molecule has 1 saturated heterocycles. The van der Waals surface area contributed by atoms with Crippen molar-refractivity contribution >= 4 is 45.2 Å². The van der Waals surface area contributed by atoms with Crippen LogP contribution in [0.1, 0.15) is 48.9 Å². The fourth-order valence-corrected chi connectivity index (χ4v) is 5.98. The van der Waals surface area contributed by atoms with Gasteiger partial charge in [0.2, 0.25) is 5.95 Å². The molecule has 40 heavy (non-hydrogen) atoms. The number of nitrogens with one attached hydrogen (secondary N) is 2. The molecule has 1 saturated carbocycles. The Hall–Kier alpha value is -3.32. The second-order valence-corrected chi connectivity index (χ2v) is 10.9. The molecule has 2 N–H and O–H groups in total. The maximum atomic E-state index is 14.9. The van der Waals surface area contributed by atoms with Gasteiger partial charge >= 0.3 is 5.92 Å². The number of halogens is 2. The molecule has 3 aliphatic rings. The lowest BCUT2D eigenvalue weighted by atomic mass is 10.0. The minimum absolute atomic E-state index is 0.110. The van der Waals surface area contributed by atoms with Crippen molar-refractivity contribution in [2.75, 3.05) is 55.1 Å². The Morgan fingerprint density at radius 1 is 1.20 bits per heavy atom. The lowest BCUT2D eigenvalue weighted by Gasteiger charge is -2.31. The number of hydrogen-bond acceptors (Lipinski definition) is 8. The van der Waals surface area contributed by atoms with Crippen LogP contribution in [0.4, 0.5) is 31.9 Å². The molecule has 1 aliphatic carbocycles. The first-order valence-electron chi connectivity index (χ1n) is 13.6. The van der Waals surface area contributed by atoms with Gasteiger partial charge in [-0.25, -0.2) is 4.98 Å². The Kier molecular flexibility index (Phi) is 8.22. The molecule has 2 aromatic rings. The highest BCUT2D eigenvalue weighted by Gasteiger charge is 2.48. The third-order valence-corrected chi connectivity index (χ3v) is 8.44. The summed E-state index contributed by atoms with van der Waals surface area (Å²) in [7, 11) is 6.35. The van der Waals surface area contributed by atoms with E-state index in [1.807, 2.05) is 0 Å². The Morgan fingerprint density at radius 3 is 2.60 bits per heavy atom. The maximum Gasteiger partial charge on any atom is 0.342 e. The summed E-state index contributed by atoms with van der Waals surface area (Å²) < 4.78 is 35.3. The van der Waals surface area contributed by atoms with Gasteiger partial charge < -0.3 is 30.1 Å². The topological polar surface area (TPSA) is 103 Å². The van der Waals surface area contributed by atoms with E-state index in [0.29, 0.717) is 22.8 Å². The molecular formula is C27H34F2N7O3Si. The number of amides is 2. The Labute approximate surface area is 235 Å². The fourth-order valence-electron chi connectivity index (χ4n) is 5.66. The minimum atomic E-state index is -3.55. The highest BCUT2D eigenvalue weighted by Crippen LogP contribution is 2.40. The molecule has 10 nitrogen and oxygen atoms in total. The van der Waals surface area contributed by atoms with Gasteiger partial charge in [-0.2, -0.15) is 13.8 Å². The van der Waals surface area contributed by atoms with Crippen LogP contribution in [0, 0.1) is 0 Å². The standard InChI is InChI=1S/C27H34F2N7O3Si/c1-34-21-14-30-26(33-23(21)36(19-5-3-4-6-19)15-27(28,29)25(34)38)32-20-8-7-17(13-22(20)39-2)24(37)31-18-9-11-35(16-40)12-10-18/h7-8,13-14,18-19H,3-6,9-12,15-16H2,1-2H3,(H,31,37)(H,30,32,33). The van der Waals surface area contributed by atoms with Crippen LogP contribution in [-0.4, -0.2) is 94.9 Å². The van der Waals surface area contributed by atoms with Crippen molar-refractivity contribution in [2.24, 2.45) is 0 Å². The molecule has 3 radical (unpaired) electrons. The van der Waals surface area contributed by atoms with E-state index in [4.69, 9.17) is 4.74 Å². The number of rotatable bonds is 7. The number of nitrogens with zero attached hydrogens (tertiary/aromatic N) is 5. The molecule has 5 rings (SSSR count). The summed E-state index contributed by atoms with van der Waals surface area (Å²) in [6, 6.07) is 5.01. The van der Waals surface area contributed by atoms with Gasteiger partial charge in [0.25, 0.3) is 11.8 Å². The fraction of sp³-hybridized carbons (Fsp3) is 0.556. The normalized spacial score (nSPS) is 20.3. The van der Waals surface area contributed by atoms with E-state index in [0.717, 1.165) is 62.7 Å². The average molecular weight is 571 g/mol. The number of piperidine rings is 1. The van der Waals surface area contributed by atoms with Crippen molar-refractivity contribution < 1.29 is 23.1 Å². The van der Waals surface area contributed by atoms with E-state index < -0.39 is 18.4 Å². The summed E-state index contributed by atoms with van der Waals surface area (Å²) in [5.41, 5.74) is 1.21. The molecule has 0 atom stereocenters. The van der Waals surface area contributed by atoms with Gasteiger partial charge in [-0.15, -0.1) is 0 Å². The Bertz CT molecular complexity index is 1250. The third kappa shape index (κ3) is 5.75. The van der Waals surface area contributed by atoms with E-state index in [2.05, 4.69) is 35.7 Å². The van der Waals surface area contributed by atoms with E-state index >= 15 is 0 Å². The second-order valence-electron chi connectivity index (χ2n) is 10.6. The van der Waals surface area contributed by atoms with Crippen molar-refractivity contribution in [1.82, 2.24) is 20.2 Å². The van der Waals surface area contributed by atoms with E-state index in [1.165, 1.54) is 20.4 Å². The summed E-state index contributed by atoms with van der Waals surface area (Å²) in [5, 5.41) is 6.21.